The molecule has 2 aromatic rings. The normalized spacial score (nSPS) is 19.7. The summed E-state index contributed by atoms with van der Waals surface area (Å²) in [5, 5.41) is 18.8. The van der Waals surface area contributed by atoms with Crippen molar-refractivity contribution in [3.05, 3.63) is 61.8 Å². The monoisotopic (exact) mass is 421 g/mol. The van der Waals surface area contributed by atoms with Crippen LogP contribution in [0.3, 0.4) is 0 Å². The summed E-state index contributed by atoms with van der Waals surface area (Å²) in [5.41, 5.74) is 2.22. The molecule has 1 spiro atoms. The largest absolute Gasteiger partial charge is 0.331 e. The topological polar surface area (TPSA) is 75.5 Å². The Bertz CT molecular complexity index is 866. The third kappa shape index (κ3) is 3.79. The van der Waals surface area contributed by atoms with Gasteiger partial charge in [-0.05, 0) is 73.1 Å². The van der Waals surface area contributed by atoms with E-state index in [1.165, 1.54) is 6.07 Å². The number of nitro groups is 1. The molecule has 6 nitrogen and oxygen atoms in total. The van der Waals surface area contributed by atoms with Gasteiger partial charge in [-0.3, -0.25) is 14.9 Å². The van der Waals surface area contributed by atoms with Crippen molar-refractivity contribution in [1.82, 2.24) is 10.2 Å². The zero-order valence-corrected chi connectivity index (χ0v) is 17.4. The van der Waals surface area contributed by atoms with Gasteiger partial charge in [0.1, 0.15) is 0 Å². The first-order valence-electron chi connectivity index (χ1n) is 9.29. The van der Waals surface area contributed by atoms with E-state index in [9.17, 15) is 14.9 Å². The van der Waals surface area contributed by atoms with Crippen LogP contribution in [0.15, 0.2) is 35.0 Å². The van der Waals surface area contributed by atoms with Crippen molar-refractivity contribution in [3.8, 4) is 0 Å². The molecule has 1 N–H and O–H groups in total. The Kier molecular flexibility index (Phi) is 6.07. The summed E-state index contributed by atoms with van der Waals surface area (Å²) in [7, 11) is 0. The van der Waals surface area contributed by atoms with Crippen LogP contribution in [0.25, 0.3) is 0 Å². The lowest BCUT2D eigenvalue weighted by molar-refractivity contribution is -0.385. The van der Waals surface area contributed by atoms with Gasteiger partial charge in [0.15, 0.2) is 0 Å². The molecule has 1 unspecified atom stereocenters. The van der Waals surface area contributed by atoms with Crippen LogP contribution in [0, 0.1) is 22.5 Å². The summed E-state index contributed by atoms with van der Waals surface area (Å²) in [4.78, 5) is 26.3. The van der Waals surface area contributed by atoms with Crippen LogP contribution in [-0.4, -0.2) is 34.9 Å². The minimum Gasteiger partial charge on any atom is -0.331 e. The maximum absolute atomic E-state index is 13.5. The van der Waals surface area contributed by atoms with E-state index >= 15 is 0 Å². The maximum Gasteiger partial charge on any atom is 0.273 e. The summed E-state index contributed by atoms with van der Waals surface area (Å²) in [5.74, 6) is -0.0946. The maximum atomic E-state index is 13.5. The fourth-order valence-corrected chi connectivity index (χ4v) is 5.00. The molecule has 1 amide bonds. The summed E-state index contributed by atoms with van der Waals surface area (Å²) in [6.07, 6.45) is 3.19. The van der Waals surface area contributed by atoms with Crippen LogP contribution in [0.5, 0.6) is 0 Å². The number of carbonyl (C=O) groups is 1. The van der Waals surface area contributed by atoms with E-state index in [1.807, 2.05) is 16.3 Å². The molecule has 1 atom stereocenters. The number of benzene rings is 1. The van der Waals surface area contributed by atoms with Gasteiger partial charge in [-0.25, -0.2) is 0 Å². The quantitative estimate of drug-likeness (QED) is 0.580. The molecule has 1 saturated heterocycles. The Morgan fingerprint density at radius 3 is 2.75 bits per heavy atom. The Labute approximate surface area is 174 Å². The molecular weight excluding hydrogens is 398 g/mol. The van der Waals surface area contributed by atoms with Crippen LogP contribution >= 0.6 is 23.7 Å². The smallest absolute Gasteiger partial charge is 0.273 e. The zero-order valence-electron chi connectivity index (χ0n) is 15.7. The van der Waals surface area contributed by atoms with Gasteiger partial charge in [0, 0.05) is 29.8 Å². The van der Waals surface area contributed by atoms with Crippen molar-refractivity contribution >= 4 is 35.3 Å². The molecule has 150 valence electrons. The lowest BCUT2D eigenvalue weighted by Gasteiger charge is -2.30. The second-order valence-electron chi connectivity index (χ2n) is 7.60. The van der Waals surface area contributed by atoms with Crippen LogP contribution in [-0.2, 0) is 6.54 Å². The number of hydrogen-bond donors (Lipinski definition) is 1. The summed E-state index contributed by atoms with van der Waals surface area (Å²) in [6.45, 7) is 4.21. The van der Waals surface area contributed by atoms with E-state index in [2.05, 4.69) is 10.7 Å². The average Bonchev–Trinajstić information content (AvgIpc) is 3.09. The number of carbonyl (C=O) groups excluding carboxylic acids is 1. The van der Waals surface area contributed by atoms with Gasteiger partial charge in [0.05, 0.1) is 4.92 Å². The van der Waals surface area contributed by atoms with E-state index < -0.39 is 4.92 Å². The molecule has 1 saturated carbocycles. The highest BCUT2D eigenvalue weighted by atomic mass is 35.5. The third-order valence-corrected chi connectivity index (χ3v) is 6.78. The predicted molar refractivity (Wildman–Crippen MR) is 112 cm³/mol. The zero-order chi connectivity index (χ0) is 19.0. The molecule has 0 bridgehead atoms. The second kappa shape index (κ2) is 8.19. The molecule has 2 aliphatic rings. The van der Waals surface area contributed by atoms with Crippen molar-refractivity contribution in [2.24, 2.45) is 5.41 Å². The van der Waals surface area contributed by atoms with Crippen molar-refractivity contribution < 1.29 is 9.72 Å². The lowest BCUT2D eigenvalue weighted by Crippen LogP contribution is -2.39. The number of nitrogens with one attached hydrogen (secondary N) is 1. The van der Waals surface area contributed by atoms with Crippen LogP contribution in [0.4, 0.5) is 5.69 Å². The number of nitro benzene ring substituents is 1. The molecule has 1 aliphatic heterocycles. The molecule has 1 aromatic heterocycles. The van der Waals surface area contributed by atoms with E-state index in [-0.39, 0.29) is 35.5 Å². The summed E-state index contributed by atoms with van der Waals surface area (Å²) in [6, 6.07) is 7.03. The Morgan fingerprint density at radius 2 is 2.11 bits per heavy atom. The van der Waals surface area contributed by atoms with E-state index in [1.54, 1.807) is 30.4 Å². The van der Waals surface area contributed by atoms with Gasteiger partial charge < -0.3 is 10.2 Å². The van der Waals surface area contributed by atoms with Crippen LogP contribution in [0.1, 0.15) is 40.7 Å². The summed E-state index contributed by atoms with van der Waals surface area (Å²) >= 11 is 1.62. The van der Waals surface area contributed by atoms with E-state index in [0.29, 0.717) is 17.7 Å². The summed E-state index contributed by atoms with van der Waals surface area (Å²) < 4.78 is 0. The molecule has 2 heterocycles. The van der Waals surface area contributed by atoms with Crippen molar-refractivity contribution in [2.45, 2.75) is 38.8 Å². The number of amides is 1. The average molecular weight is 422 g/mol. The van der Waals surface area contributed by atoms with Gasteiger partial charge in [-0.15, -0.1) is 12.4 Å². The molecule has 0 radical (unpaired) electrons. The van der Waals surface area contributed by atoms with Crippen molar-refractivity contribution in [2.75, 3.05) is 13.1 Å². The predicted octanol–water partition coefficient (Wildman–Crippen LogP) is 4.17. The van der Waals surface area contributed by atoms with Crippen LogP contribution in [0.2, 0.25) is 0 Å². The second-order valence-corrected chi connectivity index (χ2v) is 8.38. The fourth-order valence-electron chi connectivity index (χ4n) is 4.34. The highest BCUT2D eigenvalue weighted by molar-refractivity contribution is 7.07. The first-order valence-corrected chi connectivity index (χ1v) is 10.2. The molecule has 4 rings (SSSR count). The fraction of sp³-hybridized carbons (Fsp3) is 0.450. The number of piperidine rings is 1. The SMILES string of the molecule is Cc1c(C(=O)N(Cc2ccsc2)C2CC23CCNCC3)cccc1[N+](=O)[O-].Cl. The van der Waals surface area contributed by atoms with Crippen molar-refractivity contribution in [1.29, 1.82) is 0 Å². The number of nitrogens with zero attached hydrogens (tertiary/aromatic N) is 2. The lowest BCUT2D eigenvalue weighted by atomic mass is 9.93. The highest BCUT2D eigenvalue weighted by Crippen LogP contribution is 2.56. The van der Waals surface area contributed by atoms with E-state index in [0.717, 1.165) is 37.9 Å². The third-order valence-electron chi connectivity index (χ3n) is 6.05. The van der Waals surface area contributed by atoms with Gasteiger partial charge in [0.2, 0.25) is 0 Å². The Hall–Kier alpha value is -1.96. The molecular formula is C20H24ClN3O3S. The molecule has 8 heteroatoms. The van der Waals surface area contributed by atoms with Crippen LogP contribution < -0.4 is 5.32 Å². The number of thiophene rings is 1. The minimum absolute atomic E-state index is 0. The molecule has 1 aliphatic carbocycles. The molecule has 1 aromatic carbocycles. The molecule has 2 fully saturated rings. The Balaban J connectivity index is 0.00000225. The van der Waals surface area contributed by atoms with Gasteiger partial charge in [-0.2, -0.15) is 11.3 Å². The van der Waals surface area contributed by atoms with E-state index in [4.69, 9.17) is 0 Å². The number of hydrogen-bond acceptors (Lipinski definition) is 5. The van der Waals surface area contributed by atoms with Crippen molar-refractivity contribution in [3.63, 3.8) is 0 Å². The Morgan fingerprint density at radius 1 is 1.36 bits per heavy atom. The number of rotatable bonds is 5. The van der Waals surface area contributed by atoms with Gasteiger partial charge in [-0.1, -0.05) is 6.07 Å². The highest BCUT2D eigenvalue weighted by Gasteiger charge is 2.57. The van der Waals surface area contributed by atoms with Gasteiger partial charge >= 0.3 is 0 Å². The first-order chi connectivity index (χ1) is 13.0. The first kappa shape index (κ1) is 20.8. The van der Waals surface area contributed by atoms with Gasteiger partial charge in [0.25, 0.3) is 11.6 Å². The minimum atomic E-state index is -0.416. The molecule has 28 heavy (non-hydrogen) atoms. The number of halogens is 1. The standard InChI is InChI=1S/C20H23N3O3S.ClH/c1-14-16(3-2-4-17(14)23(25)26)19(24)22(12-15-5-10-27-13-15)18-11-20(18)6-8-21-9-7-20;/h2-5,10,13,18,21H,6-9,11-12H2,1H3;1H.